The highest BCUT2D eigenvalue weighted by molar-refractivity contribution is 7.98. The summed E-state index contributed by atoms with van der Waals surface area (Å²) in [7, 11) is 0. The van der Waals surface area contributed by atoms with Gasteiger partial charge < -0.3 is 0 Å². The summed E-state index contributed by atoms with van der Waals surface area (Å²) in [5, 5.41) is 4.94. The molecule has 1 aromatic heterocycles. The highest BCUT2D eigenvalue weighted by Crippen LogP contribution is 2.38. The second-order valence-corrected chi connectivity index (χ2v) is 7.32. The van der Waals surface area contributed by atoms with Crippen LogP contribution in [0.15, 0.2) is 49.1 Å². The molecule has 0 amide bonds. The van der Waals surface area contributed by atoms with Crippen LogP contribution < -0.4 is 0 Å². The van der Waals surface area contributed by atoms with Crippen molar-refractivity contribution < 1.29 is 8.78 Å². The fourth-order valence-corrected chi connectivity index (χ4v) is 4.25. The Morgan fingerprint density at radius 3 is 2.52 bits per heavy atom. The second-order valence-electron chi connectivity index (χ2n) is 5.28. The Labute approximate surface area is 158 Å². The first-order valence-electron chi connectivity index (χ1n) is 7.36. The number of hydrogen-bond donors (Lipinski definition) is 0. The molecule has 8 heteroatoms. The fourth-order valence-electron chi connectivity index (χ4n) is 2.35. The van der Waals surface area contributed by atoms with Crippen LogP contribution >= 0.6 is 35.0 Å². The molecule has 3 nitrogen and oxygen atoms in total. The molecule has 0 bridgehead atoms. The molecule has 1 atom stereocenters. The maximum atomic E-state index is 13.9. The minimum atomic E-state index is -0.561. The van der Waals surface area contributed by atoms with E-state index in [0.29, 0.717) is 16.6 Å². The quantitative estimate of drug-likeness (QED) is 0.545. The van der Waals surface area contributed by atoms with Crippen molar-refractivity contribution in [2.45, 2.75) is 17.5 Å². The summed E-state index contributed by atoms with van der Waals surface area (Å²) in [4.78, 5) is 3.92. The minimum Gasteiger partial charge on any atom is -0.252 e. The van der Waals surface area contributed by atoms with E-state index in [1.165, 1.54) is 36.3 Å². The number of hydrogen-bond acceptors (Lipinski definition) is 3. The summed E-state index contributed by atoms with van der Waals surface area (Å²) in [6.45, 7) is 0.460. The maximum absolute atomic E-state index is 13.9. The largest absolute Gasteiger partial charge is 0.252 e. The minimum absolute atomic E-state index is 0.0428. The highest BCUT2D eigenvalue weighted by atomic mass is 35.5. The molecule has 3 aromatic rings. The first kappa shape index (κ1) is 18.2. The molecule has 2 aromatic carbocycles. The van der Waals surface area contributed by atoms with Crippen molar-refractivity contribution in [3.8, 4) is 0 Å². The summed E-state index contributed by atoms with van der Waals surface area (Å²) in [5.41, 5.74) is 0.865. The average molecular weight is 400 g/mol. The van der Waals surface area contributed by atoms with Crippen LogP contribution in [-0.4, -0.2) is 14.8 Å². The van der Waals surface area contributed by atoms with E-state index in [0.717, 1.165) is 5.56 Å². The van der Waals surface area contributed by atoms with Gasteiger partial charge in [-0.2, -0.15) is 5.10 Å². The molecule has 3 rings (SSSR count). The van der Waals surface area contributed by atoms with Crippen molar-refractivity contribution >= 4 is 35.0 Å². The van der Waals surface area contributed by atoms with Crippen molar-refractivity contribution in [2.75, 3.05) is 0 Å². The summed E-state index contributed by atoms with van der Waals surface area (Å²) in [6, 6.07) is 9.05. The van der Waals surface area contributed by atoms with Gasteiger partial charge in [-0.25, -0.2) is 13.8 Å². The number of halogens is 4. The van der Waals surface area contributed by atoms with Crippen LogP contribution in [0.3, 0.4) is 0 Å². The lowest BCUT2D eigenvalue weighted by Gasteiger charge is -2.19. The van der Waals surface area contributed by atoms with Crippen molar-refractivity contribution in [3.05, 3.63) is 81.9 Å². The molecule has 130 valence electrons. The predicted molar refractivity (Wildman–Crippen MR) is 96.9 cm³/mol. The van der Waals surface area contributed by atoms with Crippen molar-refractivity contribution in [1.82, 2.24) is 14.8 Å². The molecule has 0 fully saturated rings. The lowest BCUT2D eigenvalue weighted by Crippen LogP contribution is -2.08. The predicted octanol–water partition coefficient (Wildman–Crippen LogP) is 5.54. The Morgan fingerprint density at radius 1 is 1.12 bits per heavy atom. The van der Waals surface area contributed by atoms with E-state index in [1.807, 2.05) is 6.07 Å². The van der Waals surface area contributed by atoms with E-state index in [9.17, 15) is 8.78 Å². The van der Waals surface area contributed by atoms with Gasteiger partial charge in [0.05, 0.1) is 11.8 Å². The lowest BCUT2D eigenvalue weighted by atomic mass is 10.1. The van der Waals surface area contributed by atoms with E-state index in [4.69, 9.17) is 23.2 Å². The first-order valence-corrected chi connectivity index (χ1v) is 9.17. The number of thioether (sulfide) groups is 1. The number of aromatic nitrogens is 3. The first-order chi connectivity index (χ1) is 12.0. The van der Waals surface area contributed by atoms with Crippen LogP contribution in [0.5, 0.6) is 0 Å². The van der Waals surface area contributed by atoms with E-state index in [-0.39, 0.29) is 16.6 Å². The van der Waals surface area contributed by atoms with Crippen LogP contribution in [0, 0.1) is 11.6 Å². The molecular formula is C17H13Cl2F2N3S. The zero-order valence-electron chi connectivity index (χ0n) is 12.9. The molecule has 0 N–H and O–H groups in total. The second kappa shape index (κ2) is 8.17. The molecule has 1 unspecified atom stereocenters. The Hall–Kier alpha value is -1.63. The smallest absolute Gasteiger partial charge is 0.137 e. The summed E-state index contributed by atoms with van der Waals surface area (Å²) >= 11 is 13.7. The van der Waals surface area contributed by atoms with Gasteiger partial charge >= 0.3 is 0 Å². The van der Waals surface area contributed by atoms with E-state index < -0.39 is 11.6 Å². The zero-order valence-corrected chi connectivity index (χ0v) is 15.2. The van der Waals surface area contributed by atoms with Gasteiger partial charge in [0.25, 0.3) is 0 Å². The maximum Gasteiger partial charge on any atom is 0.137 e. The normalized spacial score (nSPS) is 12.3. The molecule has 0 aliphatic carbocycles. The average Bonchev–Trinajstić information content (AvgIpc) is 3.06. The zero-order chi connectivity index (χ0) is 17.8. The van der Waals surface area contributed by atoms with Crippen LogP contribution in [0.25, 0.3) is 0 Å². The van der Waals surface area contributed by atoms with E-state index in [2.05, 4.69) is 10.1 Å². The van der Waals surface area contributed by atoms with Crippen LogP contribution in [0.1, 0.15) is 16.4 Å². The molecule has 0 spiro atoms. The third kappa shape index (κ3) is 4.51. The van der Waals surface area contributed by atoms with Crippen molar-refractivity contribution in [1.29, 1.82) is 0 Å². The van der Waals surface area contributed by atoms with E-state index in [1.54, 1.807) is 23.1 Å². The van der Waals surface area contributed by atoms with Gasteiger partial charge in [-0.05, 0) is 29.8 Å². The van der Waals surface area contributed by atoms with Crippen molar-refractivity contribution in [3.63, 3.8) is 0 Å². The number of nitrogens with zero attached hydrogens (tertiary/aromatic N) is 3. The van der Waals surface area contributed by atoms with Gasteiger partial charge in [0.1, 0.15) is 24.3 Å². The summed E-state index contributed by atoms with van der Waals surface area (Å²) < 4.78 is 29.4. The highest BCUT2D eigenvalue weighted by Gasteiger charge is 2.19. The third-order valence-corrected chi connectivity index (χ3v) is 5.44. The SMILES string of the molecule is Fc1cccc(F)c1CSC(Cn1cncn1)c1ccc(Cl)cc1Cl. The Bertz CT molecular complexity index is 839. The third-order valence-electron chi connectivity index (χ3n) is 3.62. The molecule has 1 heterocycles. The molecule has 0 aliphatic heterocycles. The van der Waals surface area contributed by atoms with Gasteiger partial charge in [-0.15, -0.1) is 11.8 Å². The fraction of sp³-hybridized carbons (Fsp3) is 0.176. The number of benzene rings is 2. The van der Waals surface area contributed by atoms with Gasteiger partial charge in [-0.3, -0.25) is 4.68 Å². The Morgan fingerprint density at radius 2 is 1.88 bits per heavy atom. The topological polar surface area (TPSA) is 30.7 Å². The molecule has 0 radical (unpaired) electrons. The molecule has 0 saturated carbocycles. The van der Waals surface area contributed by atoms with E-state index >= 15 is 0 Å². The van der Waals surface area contributed by atoms with Crippen molar-refractivity contribution in [2.24, 2.45) is 0 Å². The van der Waals surface area contributed by atoms with Crippen LogP contribution in [-0.2, 0) is 12.3 Å². The van der Waals surface area contributed by atoms with Gasteiger partial charge in [0.15, 0.2) is 0 Å². The van der Waals surface area contributed by atoms with Crippen LogP contribution in [0.4, 0.5) is 8.78 Å². The standard InChI is InChI=1S/C17H13Cl2F2N3S/c18-11-4-5-12(14(19)6-11)17(7-24-10-22-9-23-24)25-8-13-15(20)2-1-3-16(13)21/h1-6,9-10,17H,7-8H2. The lowest BCUT2D eigenvalue weighted by molar-refractivity contribution is 0.565. The molecule has 25 heavy (non-hydrogen) atoms. The van der Waals surface area contributed by atoms with Gasteiger partial charge in [0.2, 0.25) is 0 Å². The molecule has 0 aliphatic rings. The number of rotatable bonds is 6. The molecule has 0 saturated heterocycles. The Balaban J connectivity index is 1.86. The van der Waals surface area contributed by atoms with Gasteiger partial charge in [0, 0.05) is 21.4 Å². The summed E-state index contributed by atoms with van der Waals surface area (Å²) in [5.74, 6) is -0.958. The Kier molecular flexibility index (Phi) is 5.93. The monoisotopic (exact) mass is 399 g/mol. The van der Waals surface area contributed by atoms with Gasteiger partial charge in [-0.1, -0.05) is 35.3 Å². The molecular weight excluding hydrogens is 387 g/mol. The summed E-state index contributed by atoms with van der Waals surface area (Å²) in [6.07, 6.45) is 3.02. The van der Waals surface area contributed by atoms with Crippen LogP contribution in [0.2, 0.25) is 10.0 Å².